The highest BCUT2D eigenvalue weighted by molar-refractivity contribution is 6.31. The molecular weight excluding hydrogens is 282 g/mol. The predicted molar refractivity (Wildman–Crippen MR) is 88.8 cm³/mol. The molecule has 2 rings (SSSR count). The van der Waals surface area contributed by atoms with Crippen LogP contribution in [0.3, 0.4) is 0 Å². The molecule has 0 aromatic heterocycles. The molecule has 0 saturated carbocycles. The maximum atomic E-state index is 10.1. The van der Waals surface area contributed by atoms with Gasteiger partial charge in [-0.1, -0.05) is 67.1 Å². The number of aliphatic hydroxyl groups excluding tert-OH is 1. The first-order chi connectivity index (χ1) is 10.2. The van der Waals surface area contributed by atoms with Gasteiger partial charge in [0.15, 0.2) is 0 Å². The lowest BCUT2D eigenvalue weighted by atomic mass is 9.98. The van der Waals surface area contributed by atoms with Crippen LogP contribution >= 0.6 is 11.6 Å². The van der Waals surface area contributed by atoms with Crippen LogP contribution in [0.4, 0.5) is 0 Å². The lowest BCUT2D eigenvalue weighted by molar-refractivity contribution is 0.174. The van der Waals surface area contributed by atoms with Crippen molar-refractivity contribution in [1.29, 1.82) is 0 Å². The van der Waals surface area contributed by atoms with Gasteiger partial charge in [0.1, 0.15) is 0 Å². The average molecular weight is 304 g/mol. The first kappa shape index (κ1) is 16.0. The number of hydrogen-bond acceptors (Lipinski definition) is 2. The second kappa shape index (κ2) is 8.18. The smallest absolute Gasteiger partial charge is 0.0928 e. The summed E-state index contributed by atoms with van der Waals surface area (Å²) in [6, 6.07) is 17.9. The van der Waals surface area contributed by atoms with Gasteiger partial charge in [-0.15, -0.1) is 0 Å². The monoisotopic (exact) mass is 303 g/mol. The topological polar surface area (TPSA) is 32.3 Å². The molecule has 0 bridgehead atoms. The molecule has 0 aliphatic carbocycles. The zero-order chi connectivity index (χ0) is 15.1. The van der Waals surface area contributed by atoms with Crippen molar-refractivity contribution in [2.75, 3.05) is 13.1 Å². The minimum absolute atomic E-state index is 0.510. The van der Waals surface area contributed by atoms with Crippen LogP contribution in [0.5, 0.6) is 0 Å². The van der Waals surface area contributed by atoms with Crippen LogP contribution in [0.15, 0.2) is 54.6 Å². The summed E-state index contributed by atoms with van der Waals surface area (Å²) in [4.78, 5) is 0. The summed E-state index contributed by atoms with van der Waals surface area (Å²) in [5.41, 5.74) is 2.13. The van der Waals surface area contributed by atoms with E-state index in [1.807, 2.05) is 24.3 Å². The third kappa shape index (κ3) is 4.85. The molecular formula is C18H22ClNO. The molecule has 0 amide bonds. The molecule has 2 aromatic carbocycles. The van der Waals surface area contributed by atoms with Gasteiger partial charge >= 0.3 is 0 Å². The normalized spacial score (nSPS) is 13.9. The first-order valence-corrected chi connectivity index (χ1v) is 7.74. The highest BCUT2D eigenvalue weighted by Crippen LogP contribution is 2.22. The van der Waals surface area contributed by atoms with Crippen LogP contribution in [0, 0.1) is 0 Å². The largest absolute Gasteiger partial charge is 0.387 e. The summed E-state index contributed by atoms with van der Waals surface area (Å²) in [6.45, 7) is 3.62. The quantitative estimate of drug-likeness (QED) is 0.753. The highest BCUT2D eigenvalue weighted by Gasteiger charge is 2.10. The maximum absolute atomic E-state index is 10.1. The van der Waals surface area contributed by atoms with Gasteiger partial charge in [0.05, 0.1) is 6.10 Å². The third-order valence-corrected chi connectivity index (χ3v) is 4.07. The van der Waals surface area contributed by atoms with E-state index in [4.69, 9.17) is 11.6 Å². The SMILES string of the molecule is CC(CCNCC(O)c1ccccc1Cl)c1ccccc1. The summed E-state index contributed by atoms with van der Waals surface area (Å²) in [6.07, 6.45) is 0.477. The van der Waals surface area contributed by atoms with E-state index in [0.29, 0.717) is 17.5 Å². The van der Waals surface area contributed by atoms with Crippen LogP contribution in [-0.4, -0.2) is 18.2 Å². The minimum atomic E-state index is -0.564. The van der Waals surface area contributed by atoms with Crippen molar-refractivity contribution in [2.45, 2.75) is 25.4 Å². The zero-order valence-corrected chi connectivity index (χ0v) is 13.1. The summed E-state index contributed by atoms with van der Waals surface area (Å²) in [5.74, 6) is 0.510. The Bertz CT molecular complexity index is 544. The van der Waals surface area contributed by atoms with E-state index in [2.05, 4.69) is 36.5 Å². The van der Waals surface area contributed by atoms with E-state index < -0.39 is 6.10 Å². The Morgan fingerprint density at radius 1 is 1.05 bits per heavy atom. The van der Waals surface area contributed by atoms with Crippen LogP contribution in [0.1, 0.15) is 36.5 Å². The Morgan fingerprint density at radius 3 is 2.43 bits per heavy atom. The van der Waals surface area contributed by atoms with Crippen LogP contribution in [-0.2, 0) is 0 Å². The van der Waals surface area contributed by atoms with Crippen molar-refractivity contribution in [2.24, 2.45) is 0 Å². The van der Waals surface area contributed by atoms with Crippen molar-refractivity contribution >= 4 is 11.6 Å². The first-order valence-electron chi connectivity index (χ1n) is 7.36. The van der Waals surface area contributed by atoms with Crippen molar-refractivity contribution in [1.82, 2.24) is 5.32 Å². The fraction of sp³-hybridized carbons (Fsp3) is 0.333. The summed E-state index contributed by atoms with van der Waals surface area (Å²) in [7, 11) is 0. The molecule has 0 spiro atoms. The van der Waals surface area contributed by atoms with E-state index in [0.717, 1.165) is 18.5 Å². The van der Waals surface area contributed by atoms with Crippen LogP contribution < -0.4 is 5.32 Å². The third-order valence-electron chi connectivity index (χ3n) is 3.72. The second-order valence-electron chi connectivity index (χ2n) is 5.34. The summed E-state index contributed by atoms with van der Waals surface area (Å²) < 4.78 is 0. The lowest BCUT2D eigenvalue weighted by Crippen LogP contribution is -2.23. The number of hydrogen-bond donors (Lipinski definition) is 2. The van der Waals surface area contributed by atoms with Crippen molar-refractivity contribution in [3.63, 3.8) is 0 Å². The minimum Gasteiger partial charge on any atom is -0.387 e. The van der Waals surface area contributed by atoms with Crippen LogP contribution in [0.25, 0.3) is 0 Å². The lowest BCUT2D eigenvalue weighted by Gasteiger charge is -2.15. The average Bonchev–Trinajstić information content (AvgIpc) is 2.52. The molecule has 2 nitrogen and oxygen atoms in total. The molecule has 2 N–H and O–H groups in total. The van der Waals surface area contributed by atoms with Gasteiger partial charge in [0.2, 0.25) is 0 Å². The molecule has 3 heteroatoms. The molecule has 0 saturated heterocycles. The van der Waals surface area contributed by atoms with Gasteiger partial charge in [-0.3, -0.25) is 0 Å². The molecule has 0 aliphatic rings. The molecule has 0 heterocycles. The van der Waals surface area contributed by atoms with E-state index in [1.165, 1.54) is 5.56 Å². The maximum Gasteiger partial charge on any atom is 0.0928 e. The van der Waals surface area contributed by atoms with Gasteiger partial charge in [0, 0.05) is 17.1 Å². The van der Waals surface area contributed by atoms with Crippen molar-refractivity contribution in [3.05, 3.63) is 70.7 Å². The van der Waals surface area contributed by atoms with E-state index in [-0.39, 0.29) is 0 Å². The van der Waals surface area contributed by atoms with Crippen LogP contribution in [0.2, 0.25) is 5.02 Å². The van der Waals surface area contributed by atoms with Gasteiger partial charge in [-0.05, 0) is 30.5 Å². The summed E-state index contributed by atoms with van der Waals surface area (Å²) >= 11 is 6.07. The van der Waals surface area contributed by atoms with Gasteiger partial charge in [-0.25, -0.2) is 0 Å². The molecule has 2 unspecified atom stereocenters. The fourth-order valence-electron chi connectivity index (χ4n) is 2.36. The number of benzene rings is 2. The molecule has 0 radical (unpaired) electrons. The van der Waals surface area contributed by atoms with E-state index >= 15 is 0 Å². The Kier molecular flexibility index (Phi) is 6.24. The Hall–Kier alpha value is -1.35. The molecule has 2 aromatic rings. The zero-order valence-electron chi connectivity index (χ0n) is 12.3. The highest BCUT2D eigenvalue weighted by atomic mass is 35.5. The van der Waals surface area contributed by atoms with E-state index in [9.17, 15) is 5.11 Å². The summed E-state index contributed by atoms with van der Waals surface area (Å²) in [5, 5.41) is 14.1. The number of nitrogens with one attached hydrogen (secondary N) is 1. The van der Waals surface area contributed by atoms with Gasteiger partial charge < -0.3 is 10.4 Å². The predicted octanol–water partition coefficient (Wildman–Crippen LogP) is 4.16. The van der Waals surface area contributed by atoms with Crippen molar-refractivity contribution < 1.29 is 5.11 Å². The number of rotatable bonds is 7. The standard InChI is InChI=1S/C18H22ClNO/c1-14(15-7-3-2-4-8-15)11-12-20-13-18(21)16-9-5-6-10-17(16)19/h2-10,14,18,20-21H,11-13H2,1H3. The molecule has 0 fully saturated rings. The van der Waals surface area contributed by atoms with E-state index in [1.54, 1.807) is 6.07 Å². The molecule has 2 atom stereocenters. The Morgan fingerprint density at radius 2 is 1.71 bits per heavy atom. The Labute approximate surface area is 131 Å². The number of halogens is 1. The van der Waals surface area contributed by atoms with Crippen molar-refractivity contribution in [3.8, 4) is 0 Å². The van der Waals surface area contributed by atoms with Gasteiger partial charge in [-0.2, -0.15) is 0 Å². The fourth-order valence-corrected chi connectivity index (χ4v) is 2.62. The molecule has 21 heavy (non-hydrogen) atoms. The number of aliphatic hydroxyl groups is 1. The van der Waals surface area contributed by atoms with Gasteiger partial charge in [0.25, 0.3) is 0 Å². The molecule has 0 aliphatic heterocycles. The Balaban J connectivity index is 1.74. The molecule has 112 valence electrons. The second-order valence-corrected chi connectivity index (χ2v) is 5.75.